The molecule has 0 saturated heterocycles. The molecule has 1 heterocycles. The van der Waals surface area contributed by atoms with Crippen LogP contribution in [0, 0.1) is 18.3 Å². The SMILES string of the molecule is Cc1ccccc1C(C)Nc1nc(Cl)c(C#N)s1. The highest BCUT2D eigenvalue weighted by Gasteiger charge is 2.12. The highest BCUT2D eigenvalue weighted by molar-refractivity contribution is 7.16. The van der Waals surface area contributed by atoms with Crippen molar-refractivity contribution < 1.29 is 0 Å². The summed E-state index contributed by atoms with van der Waals surface area (Å²) in [6.07, 6.45) is 0. The Morgan fingerprint density at radius 1 is 1.44 bits per heavy atom. The summed E-state index contributed by atoms with van der Waals surface area (Å²) in [5, 5.41) is 13.0. The first kappa shape index (κ1) is 12.9. The van der Waals surface area contributed by atoms with E-state index in [4.69, 9.17) is 16.9 Å². The van der Waals surface area contributed by atoms with Gasteiger partial charge in [0.15, 0.2) is 10.3 Å². The zero-order valence-corrected chi connectivity index (χ0v) is 11.6. The second kappa shape index (κ2) is 5.38. The van der Waals surface area contributed by atoms with Gasteiger partial charge in [-0.25, -0.2) is 4.98 Å². The van der Waals surface area contributed by atoms with Crippen LogP contribution in [0.25, 0.3) is 0 Å². The van der Waals surface area contributed by atoms with E-state index < -0.39 is 0 Å². The van der Waals surface area contributed by atoms with Crippen LogP contribution in [0.15, 0.2) is 24.3 Å². The number of nitriles is 1. The number of hydrogen-bond acceptors (Lipinski definition) is 4. The molecule has 0 aliphatic heterocycles. The first-order valence-electron chi connectivity index (χ1n) is 5.50. The van der Waals surface area contributed by atoms with Gasteiger partial charge in [-0.3, -0.25) is 0 Å². The van der Waals surface area contributed by atoms with Crippen molar-refractivity contribution in [3.05, 3.63) is 45.4 Å². The van der Waals surface area contributed by atoms with Gasteiger partial charge in [-0.2, -0.15) is 5.26 Å². The molecule has 1 unspecified atom stereocenters. The highest BCUT2D eigenvalue weighted by Crippen LogP contribution is 2.29. The number of anilines is 1. The van der Waals surface area contributed by atoms with Crippen LogP contribution in [0.5, 0.6) is 0 Å². The van der Waals surface area contributed by atoms with Crippen molar-refractivity contribution in [1.29, 1.82) is 5.26 Å². The quantitative estimate of drug-likeness (QED) is 0.917. The third-order valence-corrected chi connectivity index (χ3v) is 3.96. The lowest BCUT2D eigenvalue weighted by molar-refractivity contribution is 0.871. The molecule has 0 radical (unpaired) electrons. The fourth-order valence-electron chi connectivity index (χ4n) is 1.77. The van der Waals surface area contributed by atoms with E-state index in [-0.39, 0.29) is 11.2 Å². The normalized spacial score (nSPS) is 11.9. The molecule has 1 aromatic carbocycles. The molecule has 1 atom stereocenters. The molecule has 18 heavy (non-hydrogen) atoms. The van der Waals surface area contributed by atoms with Gasteiger partial charge in [0.1, 0.15) is 10.9 Å². The predicted molar refractivity (Wildman–Crippen MR) is 75.1 cm³/mol. The monoisotopic (exact) mass is 277 g/mol. The lowest BCUT2D eigenvalue weighted by atomic mass is 10.0. The number of aryl methyl sites for hydroxylation is 1. The van der Waals surface area contributed by atoms with E-state index in [2.05, 4.69) is 36.3 Å². The average Bonchev–Trinajstić information content (AvgIpc) is 2.69. The van der Waals surface area contributed by atoms with Gasteiger partial charge >= 0.3 is 0 Å². The Kier molecular flexibility index (Phi) is 3.85. The number of halogens is 1. The molecule has 92 valence electrons. The number of nitrogens with one attached hydrogen (secondary N) is 1. The predicted octanol–water partition coefficient (Wildman–Crippen LogP) is 4.15. The van der Waals surface area contributed by atoms with Crippen molar-refractivity contribution in [2.24, 2.45) is 0 Å². The minimum absolute atomic E-state index is 0.125. The lowest BCUT2D eigenvalue weighted by Crippen LogP contribution is -2.07. The topological polar surface area (TPSA) is 48.7 Å². The maximum absolute atomic E-state index is 8.84. The summed E-state index contributed by atoms with van der Waals surface area (Å²) < 4.78 is 0. The van der Waals surface area contributed by atoms with Crippen LogP contribution in [0.4, 0.5) is 5.13 Å². The summed E-state index contributed by atoms with van der Waals surface area (Å²) in [6.45, 7) is 4.13. The number of nitrogens with zero attached hydrogens (tertiary/aromatic N) is 2. The molecular formula is C13H12ClN3S. The third-order valence-electron chi connectivity index (χ3n) is 2.68. The van der Waals surface area contributed by atoms with Gasteiger partial charge in [0.05, 0.1) is 6.04 Å². The van der Waals surface area contributed by atoms with Crippen molar-refractivity contribution >= 4 is 28.1 Å². The summed E-state index contributed by atoms with van der Waals surface area (Å²) >= 11 is 7.12. The molecule has 0 aliphatic rings. The molecule has 1 aromatic heterocycles. The first-order valence-corrected chi connectivity index (χ1v) is 6.69. The lowest BCUT2D eigenvalue weighted by Gasteiger charge is -2.15. The van der Waals surface area contributed by atoms with E-state index in [0.717, 1.165) is 0 Å². The Morgan fingerprint density at radius 2 is 2.17 bits per heavy atom. The number of hydrogen-bond donors (Lipinski definition) is 1. The van der Waals surface area contributed by atoms with Gasteiger partial charge in [-0.1, -0.05) is 47.2 Å². The van der Waals surface area contributed by atoms with Gasteiger partial charge in [0, 0.05) is 0 Å². The summed E-state index contributed by atoms with van der Waals surface area (Å²) in [5.41, 5.74) is 2.43. The molecule has 0 bridgehead atoms. The van der Waals surface area contributed by atoms with Crippen molar-refractivity contribution in [3.63, 3.8) is 0 Å². The molecule has 0 aliphatic carbocycles. The molecule has 5 heteroatoms. The Balaban J connectivity index is 2.19. The average molecular weight is 278 g/mol. The van der Waals surface area contributed by atoms with E-state index in [1.165, 1.54) is 22.5 Å². The van der Waals surface area contributed by atoms with Crippen LogP contribution in [-0.2, 0) is 0 Å². The van der Waals surface area contributed by atoms with Crippen molar-refractivity contribution in [3.8, 4) is 6.07 Å². The van der Waals surface area contributed by atoms with Crippen molar-refractivity contribution in [2.75, 3.05) is 5.32 Å². The fourth-order valence-corrected chi connectivity index (χ4v) is 2.80. The minimum Gasteiger partial charge on any atom is -0.355 e. The maximum atomic E-state index is 8.84. The van der Waals surface area contributed by atoms with E-state index >= 15 is 0 Å². The fraction of sp³-hybridized carbons (Fsp3) is 0.231. The Bertz CT molecular complexity index is 601. The van der Waals surface area contributed by atoms with Crippen LogP contribution in [0.2, 0.25) is 5.15 Å². The molecule has 2 aromatic rings. The van der Waals surface area contributed by atoms with E-state index in [9.17, 15) is 0 Å². The van der Waals surface area contributed by atoms with E-state index in [1.54, 1.807) is 0 Å². The van der Waals surface area contributed by atoms with Gasteiger partial charge < -0.3 is 5.32 Å². The highest BCUT2D eigenvalue weighted by atomic mass is 35.5. The summed E-state index contributed by atoms with van der Waals surface area (Å²) in [4.78, 5) is 4.57. The molecule has 0 fully saturated rings. The minimum atomic E-state index is 0.125. The van der Waals surface area contributed by atoms with E-state index in [1.807, 2.05) is 18.2 Å². The number of benzene rings is 1. The number of aromatic nitrogens is 1. The summed E-state index contributed by atoms with van der Waals surface area (Å²) in [5.74, 6) is 0. The molecule has 0 amide bonds. The largest absolute Gasteiger partial charge is 0.355 e. The number of rotatable bonds is 3. The second-order valence-corrected chi connectivity index (χ2v) is 5.33. The Hall–Kier alpha value is -1.57. The number of thiazole rings is 1. The molecule has 2 rings (SSSR count). The van der Waals surface area contributed by atoms with Gasteiger partial charge in [-0.05, 0) is 25.0 Å². The maximum Gasteiger partial charge on any atom is 0.185 e. The standard InChI is InChI=1S/C13H12ClN3S/c1-8-5-3-4-6-10(8)9(2)16-13-17-12(14)11(7-15)18-13/h3-6,9H,1-2H3,(H,16,17). The van der Waals surface area contributed by atoms with Crippen LogP contribution in [-0.4, -0.2) is 4.98 Å². The summed E-state index contributed by atoms with van der Waals surface area (Å²) in [6, 6.07) is 10.3. The zero-order valence-electron chi connectivity index (χ0n) is 10.1. The smallest absolute Gasteiger partial charge is 0.185 e. The summed E-state index contributed by atoms with van der Waals surface area (Å²) in [7, 11) is 0. The van der Waals surface area contributed by atoms with Crippen LogP contribution in [0.1, 0.15) is 29.0 Å². The van der Waals surface area contributed by atoms with Crippen molar-refractivity contribution in [2.45, 2.75) is 19.9 Å². The zero-order chi connectivity index (χ0) is 13.1. The molecule has 1 N–H and O–H groups in total. The van der Waals surface area contributed by atoms with E-state index in [0.29, 0.717) is 10.0 Å². The Morgan fingerprint density at radius 3 is 2.78 bits per heavy atom. The van der Waals surface area contributed by atoms with Crippen LogP contribution < -0.4 is 5.32 Å². The second-order valence-electron chi connectivity index (χ2n) is 3.97. The first-order chi connectivity index (χ1) is 8.61. The Labute approximate surface area is 115 Å². The molecular weight excluding hydrogens is 266 g/mol. The third kappa shape index (κ3) is 2.63. The van der Waals surface area contributed by atoms with Gasteiger partial charge in [0.2, 0.25) is 0 Å². The van der Waals surface area contributed by atoms with Crippen molar-refractivity contribution in [1.82, 2.24) is 4.98 Å². The van der Waals surface area contributed by atoms with Crippen LogP contribution >= 0.6 is 22.9 Å². The van der Waals surface area contributed by atoms with Crippen LogP contribution in [0.3, 0.4) is 0 Å². The molecule has 3 nitrogen and oxygen atoms in total. The van der Waals surface area contributed by atoms with Gasteiger partial charge in [0.25, 0.3) is 0 Å². The molecule has 0 saturated carbocycles. The van der Waals surface area contributed by atoms with Gasteiger partial charge in [-0.15, -0.1) is 0 Å². The molecule has 0 spiro atoms.